The van der Waals surface area contributed by atoms with Crippen LogP contribution in [-0.4, -0.2) is 4.98 Å². The Kier molecular flexibility index (Phi) is 3.38. The number of nitrogens with zero attached hydrogens (tertiary/aromatic N) is 2. The van der Waals surface area contributed by atoms with Gasteiger partial charge in [-0.3, -0.25) is 0 Å². The summed E-state index contributed by atoms with van der Waals surface area (Å²) in [7, 11) is 0. The Morgan fingerprint density at radius 1 is 1.16 bits per heavy atom. The maximum Gasteiger partial charge on any atom is 0.196 e. The molecule has 0 aliphatic carbocycles. The summed E-state index contributed by atoms with van der Waals surface area (Å²) >= 11 is 0. The molecule has 96 valence electrons. The number of hydrogen-bond donors (Lipinski definition) is 1. The molecule has 19 heavy (non-hydrogen) atoms. The fraction of sp³-hybridized carbons (Fsp3) is 0.0769. The van der Waals surface area contributed by atoms with Crippen LogP contribution in [0.1, 0.15) is 11.1 Å². The molecule has 2 aromatic rings. The highest BCUT2D eigenvalue weighted by Crippen LogP contribution is 2.25. The van der Waals surface area contributed by atoms with E-state index in [9.17, 15) is 13.2 Å². The third-order valence-corrected chi connectivity index (χ3v) is 2.56. The predicted molar refractivity (Wildman–Crippen MR) is 63.3 cm³/mol. The van der Waals surface area contributed by atoms with Crippen molar-refractivity contribution in [3.8, 4) is 6.07 Å². The number of aryl methyl sites for hydroxylation is 1. The number of nitriles is 1. The van der Waals surface area contributed by atoms with Gasteiger partial charge in [0.2, 0.25) is 0 Å². The van der Waals surface area contributed by atoms with Crippen LogP contribution in [-0.2, 0) is 0 Å². The Hall–Kier alpha value is -2.55. The van der Waals surface area contributed by atoms with Crippen LogP contribution in [0.15, 0.2) is 24.4 Å². The van der Waals surface area contributed by atoms with E-state index in [4.69, 9.17) is 5.26 Å². The molecular formula is C13H8F3N3. The average Bonchev–Trinajstić information content (AvgIpc) is 2.40. The fourth-order valence-corrected chi connectivity index (χ4v) is 1.54. The molecule has 3 nitrogen and oxygen atoms in total. The Morgan fingerprint density at radius 2 is 1.89 bits per heavy atom. The molecule has 0 unspecified atom stereocenters. The minimum absolute atomic E-state index is 0.0902. The van der Waals surface area contributed by atoms with Crippen molar-refractivity contribution >= 4 is 11.5 Å². The van der Waals surface area contributed by atoms with Gasteiger partial charge in [-0.15, -0.1) is 0 Å². The number of nitrogens with one attached hydrogen (secondary N) is 1. The molecule has 0 bridgehead atoms. The third-order valence-electron chi connectivity index (χ3n) is 2.56. The Labute approximate surface area is 107 Å². The minimum Gasteiger partial charge on any atom is -0.337 e. The van der Waals surface area contributed by atoms with E-state index >= 15 is 0 Å². The van der Waals surface area contributed by atoms with E-state index in [1.807, 2.05) is 6.07 Å². The third kappa shape index (κ3) is 2.36. The number of halogens is 3. The number of benzene rings is 1. The molecule has 1 heterocycles. The summed E-state index contributed by atoms with van der Waals surface area (Å²) in [4.78, 5) is 3.88. The van der Waals surface area contributed by atoms with E-state index < -0.39 is 17.5 Å². The van der Waals surface area contributed by atoms with Crippen molar-refractivity contribution in [1.82, 2.24) is 4.98 Å². The lowest BCUT2D eigenvalue weighted by Crippen LogP contribution is -2.02. The molecule has 0 fully saturated rings. The van der Waals surface area contributed by atoms with Gasteiger partial charge in [0.1, 0.15) is 11.9 Å². The molecule has 0 saturated carbocycles. The van der Waals surface area contributed by atoms with Crippen molar-refractivity contribution in [3.63, 3.8) is 0 Å². The van der Waals surface area contributed by atoms with E-state index in [0.717, 1.165) is 12.1 Å². The topological polar surface area (TPSA) is 48.7 Å². The molecule has 0 spiro atoms. The van der Waals surface area contributed by atoms with Gasteiger partial charge in [0.15, 0.2) is 17.5 Å². The van der Waals surface area contributed by atoms with Crippen molar-refractivity contribution in [2.24, 2.45) is 0 Å². The highest BCUT2D eigenvalue weighted by Gasteiger charge is 2.15. The van der Waals surface area contributed by atoms with Crippen LogP contribution in [0, 0.1) is 35.7 Å². The average molecular weight is 263 g/mol. The van der Waals surface area contributed by atoms with Gasteiger partial charge in [-0.2, -0.15) is 5.26 Å². The molecule has 2 rings (SSSR count). The maximum atomic E-state index is 13.5. The van der Waals surface area contributed by atoms with Crippen LogP contribution in [0.5, 0.6) is 0 Å². The van der Waals surface area contributed by atoms with E-state index in [0.29, 0.717) is 5.56 Å². The maximum absolute atomic E-state index is 13.5. The highest BCUT2D eigenvalue weighted by molar-refractivity contribution is 5.64. The molecule has 0 radical (unpaired) electrons. The summed E-state index contributed by atoms with van der Waals surface area (Å²) in [5.41, 5.74) is 0.572. The Balaban J connectivity index is 2.46. The first kappa shape index (κ1) is 12.9. The summed E-state index contributed by atoms with van der Waals surface area (Å²) < 4.78 is 39.4. The zero-order chi connectivity index (χ0) is 14.0. The summed E-state index contributed by atoms with van der Waals surface area (Å²) in [6.07, 6.45) is 1.43. The highest BCUT2D eigenvalue weighted by atomic mass is 19.2. The van der Waals surface area contributed by atoms with Crippen LogP contribution in [0.2, 0.25) is 0 Å². The molecule has 6 heteroatoms. The fourth-order valence-electron chi connectivity index (χ4n) is 1.54. The van der Waals surface area contributed by atoms with Gasteiger partial charge < -0.3 is 5.32 Å². The summed E-state index contributed by atoms with van der Waals surface area (Å²) in [5.74, 6) is -4.11. The van der Waals surface area contributed by atoms with Crippen molar-refractivity contribution < 1.29 is 13.2 Å². The van der Waals surface area contributed by atoms with E-state index in [1.165, 1.54) is 6.20 Å². The molecule has 1 aromatic carbocycles. The summed E-state index contributed by atoms with van der Waals surface area (Å²) in [6, 6.07) is 5.37. The van der Waals surface area contributed by atoms with Gasteiger partial charge in [0.25, 0.3) is 0 Å². The standard InChI is InChI=1S/C13H8F3N3/c1-7-4-5-18-13(8(7)6-17)19-10-3-2-9(14)11(15)12(10)16/h2-5H,1H3,(H,18,19). The van der Waals surface area contributed by atoms with Gasteiger partial charge in [-0.05, 0) is 30.7 Å². The van der Waals surface area contributed by atoms with Crippen LogP contribution >= 0.6 is 0 Å². The summed E-state index contributed by atoms with van der Waals surface area (Å²) in [6.45, 7) is 1.69. The predicted octanol–water partition coefficient (Wildman–Crippen LogP) is 3.42. The van der Waals surface area contributed by atoms with Crippen LogP contribution in [0.25, 0.3) is 0 Å². The smallest absolute Gasteiger partial charge is 0.196 e. The van der Waals surface area contributed by atoms with Crippen molar-refractivity contribution in [3.05, 3.63) is 53.0 Å². The first-order valence-electron chi connectivity index (χ1n) is 5.31. The first-order valence-corrected chi connectivity index (χ1v) is 5.31. The van der Waals surface area contributed by atoms with E-state index in [2.05, 4.69) is 10.3 Å². The number of anilines is 2. The van der Waals surface area contributed by atoms with Gasteiger partial charge in [0, 0.05) is 6.20 Å². The van der Waals surface area contributed by atoms with Crippen LogP contribution in [0.4, 0.5) is 24.7 Å². The van der Waals surface area contributed by atoms with Crippen molar-refractivity contribution in [2.75, 3.05) is 5.32 Å². The van der Waals surface area contributed by atoms with Gasteiger partial charge in [-0.1, -0.05) is 0 Å². The Morgan fingerprint density at radius 3 is 2.58 bits per heavy atom. The molecule has 0 atom stereocenters. The molecule has 0 aliphatic rings. The molecule has 1 N–H and O–H groups in total. The number of aromatic nitrogens is 1. The second-order valence-corrected chi connectivity index (χ2v) is 3.81. The normalized spacial score (nSPS) is 10.1. The van der Waals surface area contributed by atoms with Gasteiger partial charge >= 0.3 is 0 Å². The van der Waals surface area contributed by atoms with E-state index in [1.54, 1.807) is 13.0 Å². The molecule has 1 aromatic heterocycles. The lowest BCUT2D eigenvalue weighted by Gasteiger charge is -2.10. The number of hydrogen-bond acceptors (Lipinski definition) is 3. The Bertz CT molecular complexity index is 678. The van der Waals surface area contributed by atoms with Gasteiger partial charge in [0.05, 0.1) is 11.3 Å². The van der Waals surface area contributed by atoms with E-state index in [-0.39, 0.29) is 17.1 Å². The van der Waals surface area contributed by atoms with Gasteiger partial charge in [-0.25, -0.2) is 18.2 Å². The van der Waals surface area contributed by atoms with Crippen LogP contribution in [0.3, 0.4) is 0 Å². The monoisotopic (exact) mass is 263 g/mol. The molecular weight excluding hydrogens is 255 g/mol. The molecule has 0 saturated heterocycles. The first-order chi connectivity index (χ1) is 9.04. The largest absolute Gasteiger partial charge is 0.337 e. The summed E-state index contributed by atoms with van der Waals surface area (Å²) in [5, 5.41) is 11.5. The number of rotatable bonds is 2. The molecule has 0 aliphatic heterocycles. The van der Waals surface area contributed by atoms with Crippen molar-refractivity contribution in [2.45, 2.75) is 6.92 Å². The lowest BCUT2D eigenvalue weighted by atomic mass is 10.1. The molecule has 0 amide bonds. The SMILES string of the molecule is Cc1ccnc(Nc2ccc(F)c(F)c2F)c1C#N. The zero-order valence-corrected chi connectivity index (χ0v) is 9.84. The minimum atomic E-state index is -1.57. The number of pyridine rings is 1. The second kappa shape index (κ2) is 4.98. The quantitative estimate of drug-likeness (QED) is 0.844. The van der Waals surface area contributed by atoms with Crippen LogP contribution < -0.4 is 5.32 Å². The van der Waals surface area contributed by atoms with Crippen molar-refractivity contribution in [1.29, 1.82) is 5.26 Å². The lowest BCUT2D eigenvalue weighted by molar-refractivity contribution is 0.449. The second-order valence-electron chi connectivity index (χ2n) is 3.81. The zero-order valence-electron chi connectivity index (χ0n) is 9.84.